The molecule has 2 N–H and O–H groups in total. The molecule has 1 aromatic heterocycles. The first-order chi connectivity index (χ1) is 10.2. The molecule has 0 radical (unpaired) electrons. The number of nitrogens with two attached hydrogens (primary N) is 1. The SMILES string of the molecule is CCc1ccc(C(=O)N(CC)Cc2ccccc2CN)o1. The van der Waals surface area contributed by atoms with E-state index in [2.05, 4.69) is 0 Å². The largest absolute Gasteiger partial charge is 0.456 e. The Morgan fingerprint density at radius 2 is 1.86 bits per heavy atom. The van der Waals surface area contributed by atoms with Gasteiger partial charge in [-0.2, -0.15) is 0 Å². The number of rotatable bonds is 6. The van der Waals surface area contributed by atoms with Crippen molar-refractivity contribution in [1.82, 2.24) is 4.90 Å². The van der Waals surface area contributed by atoms with Crippen LogP contribution < -0.4 is 5.73 Å². The second-order valence-electron chi connectivity index (χ2n) is 4.91. The van der Waals surface area contributed by atoms with Crippen LogP contribution in [0.5, 0.6) is 0 Å². The Balaban J connectivity index is 2.17. The minimum absolute atomic E-state index is 0.0796. The Morgan fingerprint density at radius 1 is 1.14 bits per heavy atom. The van der Waals surface area contributed by atoms with Crippen molar-refractivity contribution in [3.8, 4) is 0 Å². The molecule has 0 aliphatic heterocycles. The van der Waals surface area contributed by atoms with Gasteiger partial charge in [-0.25, -0.2) is 0 Å². The lowest BCUT2D eigenvalue weighted by atomic mass is 10.1. The van der Waals surface area contributed by atoms with E-state index in [-0.39, 0.29) is 5.91 Å². The quantitative estimate of drug-likeness (QED) is 0.888. The van der Waals surface area contributed by atoms with Crippen molar-refractivity contribution in [3.63, 3.8) is 0 Å². The van der Waals surface area contributed by atoms with Gasteiger partial charge in [-0.1, -0.05) is 31.2 Å². The van der Waals surface area contributed by atoms with E-state index in [0.717, 1.165) is 23.3 Å². The molecule has 0 bridgehead atoms. The van der Waals surface area contributed by atoms with Crippen LogP contribution in [0.15, 0.2) is 40.8 Å². The summed E-state index contributed by atoms with van der Waals surface area (Å²) >= 11 is 0. The van der Waals surface area contributed by atoms with E-state index in [4.69, 9.17) is 10.2 Å². The number of hydrogen-bond donors (Lipinski definition) is 1. The number of furan rings is 1. The van der Waals surface area contributed by atoms with Crippen molar-refractivity contribution in [2.45, 2.75) is 33.4 Å². The van der Waals surface area contributed by atoms with Gasteiger partial charge >= 0.3 is 0 Å². The number of carbonyl (C=O) groups is 1. The normalized spacial score (nSPS) is 10.6. The number of benzene rings is 1. The highest BCUT2D eigenvalue weighted by molar-refractivity contribution is 5.91. The average Bonchev–Trinajstić information content (AvgIpc) is 3.01. The molecule has 0 fully saturated rings. The molecule has 0 aliphatic carbocycles. The lowest BCUT2D eigenvalue weighted by Crippen LogP contribution is -2.30. The molecule has 0 unspecified atom stereocenters. The zero-order valence-electron chi connectivity index (χ0n) is 12.6. The minimum Gasteiger partial charge on any atom is -0.456 e. The summed E-state index contributed by atoms with van der Waals surface area (Å²) in [7, 11) is 0. The molecule has 2 rings (SSSR count). The molecule has 0 atom stereocenters. The topological polar surface area (TPSA) is 59.5 Å². The second kappa shape index (κ2) is 7.09. The van der Waals surface area contributed by atoms with Crippen LogP contribution in [0.4, 0.5) is 0 Å². The van der Waals surface area contributed by atoms with Gasteiger partial charge in [-0.05, 0) is 30.2 Å². The molecule has 4 nitrogen and oxygen atoms in total. The fourth-order valence-electron chi connectivity index (χ4n) is 2.28. The third-order valence-electron chi connectivity index (χ3n) is 3.59. The van der Waals surface area contributed by atoms with Gasteiger partial charge in [0.1, 0.15) is 5.76 Å². The van der Waals surface area contributed by atoms with Gasteiger partial charge in [0.25, 0.3) is 5.91 Å². The number of hydrogen-bond acceptors (Lipinski definition) is 3. The summed E-state index contributed by atoms with van der Waals surface area (Å²) in [5.74, 6) is 1.15. The van der Waals surface area contributed by atoms with E-state index in [9.17, 15) is 4.79 Å². The molecule has 0 saturated carbocycles. The first-order valence-corrected chi connectivity index (χ1v) is 7.34. The van der Waals surface area contributed by atoms with Crippen LogP contribution in [-0.2, 0) is 19.5 Å². The fraction of sp³-hybridized carbons (Fsp3) is 0.353. The number of nitrogens with zero attached hydrogens (tertiary/aromatic N) is 1. The zero-order valence-corrected chi connectivity index (χ0v) is 12.6. The summed E-state index contributed by atoms with van der Waals surface area (Å²) < 4.78 is 5.56. The molecule has 1 amide bonds. The molecule has 2 aromatic rings. The van der Waals surface area contributed by atoms with Gasteiger partial charge in [0.05, 0.1) is 0 Å². The monoisotopic (exact) mass is 286 g/mol. The first kappa shape index (κ1) is 15.3. The fourth-order valence-corrected chi connectivity index (χ4v) is 2.28. The third kappa shape index (κ3) is 3.52. The molecule has 0 saturated heterocycles. The standard InChI is InChI=1S/C17H22N2O2/c1-3-15-9-10-16(21-15)17(20)19(4-2)12-14-8-6-5-7-13(14)11-18/h5-10H,3-4,11-12,18H2,1-2H3. The Labute approximate surface area is 125 Å². The number of aryl methyl sites for hydroxylation is 1. The molecule has 0 spiro atoms. The van der Waals surface area contributed by atoms with Crippen LogP contribution in [0.1, 0.15) is 41.3 Å². The minimum atomic E-state index is -0.0796. The van der Waals surface area contributed by atoms with Crippen molar-refractivity contribution in [1.29, 1.82) is 0 Å². The van der Waals surface area contributed by atoms with E-state index >= 15 is 0 Å². The lowest BCUT2D eigenvalue weighted by molar-refractivity contribution is 0.0718. The highest BCUT2D eigenvalue weighted by Crippen LogP contribution is 2.16. The third-order valence-corrected chi connectivity index (χ3v) is 3.59. The summed E-state index contributed by atoms with van der Waals surface area (Å²) in [5.41, 5.74) is 7.90. The van der Waals surface area contributed by atoms with Gasteiger partial charge < -0.3 is 15.1 Å². The molecule has 112 valence electrons. The Kier molecular flexibility index (Phi) is 5.17. The maximum atomic E-state index is 12.5. The average molecular weight is 286 g/mol. The summed E-state index contributed by atoms with van der Waals surface area (Å²) in [5, 5.41) is 0. The molecular formula is C17H22N2O2. The van der Waals surface area contributed by atoms with Crippen LogP contribution in [0.2, 0.25) is 0 Å². The Bertz CT molecular complexity index is 604. The summed E-state index contributed by atoms with van der Waals surface area (Å²) in [6.07, 6.45) is 0.787. The van der Waals surface area contributed by atoms with Crippen molar-refractivity contribution >= 4 is 5.91 Å². The van der Waals surface area contributed by atoms with Gasteiger partial charge in [0.15, 0.2) is 5.76 Å². The van der Waals surface area contributed by atoms with Crippen molar-refractivity contribution < 1.29 is 9.21 Å². The summed E-state index contributed by atoms with van der Waals surface area (Å²) in [6, 6.07) is 11.5. The highest BCUT2D eigenvalue weighted by atomic mass is 16.4. The maximum Gasteiger partial charge on any atom is 0.289 e. The van der Waals surface area contributed by atoms with E-state index < -0.39 is 0 Å². The van der Waals surface area contributed by atoms with Crippen molar-refractivity contribution in [3.05, 3.63) is 59.0 Å². The van der Waals surface area contributed by atoms with E-state index in [1.807, 2.05) is 44.2 Å². The number of amides is 1. The van der Waals surface area contributed by atoms with Crippen LogP contribution >= 0.6 is 0 Å². The van der Waals surface area contributed by atoms with Crippen LogP contribution in [-0.4, -0.2) is 17.4 Å². The predicted molar refractivity (Wildman–Crippen MR) is 82.8 cm³/mol. The van der Waals surface area contributed by atoms with Gasteiger partial charge in [0.2, 0.25) is 0 Å². The Hall–Kier alpha value is -2.07. The molecule has 0 aliphatic rings. The zero-order chi connectivity index (χ0) is 15.2. The number of carbonyl (C=O) groups excluding carboxylic acids is 1. The summed E-state index contributed by atoms with van der Waals surface area (Å²) in [6.45, 7) is 5.61. The van der Waals surface area contributed by atoms with Gasteiger partial charge in [-0.3, -0.25) is 4.79 Å². The maximum absolute atomic E-state index is 12.5. The van der Waals surface area contributed by atoms with Crippen LogP contribution in [0.25, 0.3) is 0 Å². The molecular weight excluding hydrogens is 264 g/mol. The molecule has 1 heterocycles. The first-order valence-electron chi connectivity index (χ1n) is 7.34. The smallest absolute Gasteiger partial charge is 0.289 e. The predicted octanol–water partition coefficient (Wildman–Crippen LogP) is 2.96. The molecule has 4 heteroatoms. The van der Waals surface area contributed by atoms with Crippen molar-refractivity contribution in [2.24, 2.45) is 5.73 Å². The molecule has 21 heavy (non-hydrogen) atoms. The second-order valence-corrected chi connectivity index (χ2v) is 4.91. The van der Waals surface area contributed by atoms with Gasteiger partial charge in [-0.15, -0.1) is 0 Å². The van der Waals surface area contributed by atoms with Crippen molar-refractivity contribution in [2.75, 3.05) is 6.54 Å². The van der Waals surface area contributed by atoms with E-state index in [1.54, 1.807) is 11.0 Å². The van der Waals surface area contributed by atoms with E-state index in [0.29, 0.717) is 25.4 Å². The van der Waals surface area contributed by atoms with Gasteiger partial charge in [0, 0.05) is 26.1 Å². The molecule has 1 aromatic carbocycles. The van der Waals surface area contributed by atoms with Crippen LogP contribution in [0, 0.1) is 0 Å². The van der Waals surface area contributed by atoms with E-state index in [1.165, 1.54) is 0 Å². The lowest BCUT2D eigenvalue weighted by Gasteiger charge is -2.21. The van der Waals surface area contributed by atoms with Crippen LogP contribution in [0.3, 0.4) is 0 Å². The highest BCUT2D eigenvalue weighted by Gasteiger charge is 2.18. The Morgan fingerprint density at radius 3 is 2.43 bits per heavy atom. The summed E-state index contributed by atoms with van der Waals surface area (Å²) in [4.78, 5) is 14.3.